The number of hydrogen-bond donors (Lipinski definition) is 1. The van der Waals surface area contributed by atoms with Gasteiger partial charge in [0.15, 0.2) is 0 Å². The molecule has 5 heteroatoms. The van der Waals surface area contributed by atoms with Gasteiger partial charge in [-0.2, -0.15) is 0 Å². The largest absolute Gasteiger partial charge is 0.383 e. The zero-order valence-corrected chi connectivity index (χ0v) is 11.3. The third kappa shape index (κ3) is 4.08. The highest BCUT2D eigenvalue weighted by molar-refractivity contribution is 9.13. The van der Waals surface area contributed by atoms with E-state index in [1.807, 2.05) is 0 Å². The summed E-state index contributed by atoms with van der Waals surface area (Å²) in [5.74, 6) is 0. The van der Waals surface area contributed by atoms with Crippen LogP contribution < -0.4 is 5.32 Å². The van der Waals surface area contributed by atoms with Crippen LogP contribution in [0.2, 0.25) is 0 Å². The van der Waals surface area contributed by atoms with Crippen molar-refractivity contribution in [1.82, 2.24) is 5.32 Å². The third-order valence-corrected chi connectivity index (χ3v) is 4.73. The summed E-state index contributed by atoms with van der Waals surface area (Å²) in [4.78, 5) is 1.31. The molecular weight excluding hydrogens is 318 g/mol. The zero-order valence-electron chi connectivity index (χ0n) is 7.27. The first-order valence-electron chi connectivity index (χ1n) is 3.87. The van der Waals surface area contributed by atoms with E-state index in [0.29, 0.717) is 0 Å². The van der Waals surface area contributed by atoms with Crippen molar-refractivity contribution >= 4 is 43.2 Å². The van der Waals surface area contributed by atoms with Crippen LogP contribution in [0.1, 0.15) is 4.88 Å². The maximum atomic E-state index is 4.93. The van der Waals surface area contributed by atoms with Crippen LogP contribution in [-0.2, 0) is 11.3 Å². The highest BCUT2D eigenvalue weighted by Gasteiger charge is 2.02. The molecule has 0 radical (unpaired) electrons. The van der Waals surface area contributed by atoms with Gasteiger partial charge in [-0.15, -0.1) is 11.3 Å². The van der Waals surface area contributed by atoms with E-state index in [1.54, 1.807) is 18.4 Å². The standard InChI is InChI=1S/C8H11Br2NOS/c1-12-3-2-11-5-6-4-7(9)8(10)13-6/h4,11H,2-3,5H2,1H3. The molecule has 0 aliphatic heterocycles. The first-order chi connectivity index (χ1) is 6.24. The summed E-state index contributed by atoms with van der Waals surface area (Å²) in [5, 5.41) is 3.29. The van der Waals surface area contributed by atoms with Gasteiger partial charge >= 0.3 is 0 Å². The molecule has 0 unspecified atom stereocenters. The highest BCUT2D eigenvalue weighted by Crippen LogP contribution is 2.32. The lowest BCUT2D eigenvalue weighted by Gasteiger charge is -2.00. The molecule has 1 aromatic heterocycles. The Morgan fingerprint density at radius 3 is 2.85 bits per heavy atom. The number of nitrogens with one attached hydrogen (secondary N) is 1. The summed E-state index contributed by atoms with van der Waals surface area (Å²) in [6.07, 6.45) is 0. The highest BCUT2D eigenvalue weighted by atomic mass is 79.9. The van der Waals surface area contributed by atoms with Crippen LogP contribution in [0.15, 0.2) is 14.3 Å². The van der Waals surface area contributed by atoms with Gasteiger partial charge in [0.1, 0.15) is 0 Å². The Morgan fingerprint density at radius 1 is 1.54 bits per heavy atom. The van der Waals surface area contributed by atoms with E-state index >= 15 is 0 Å². The fourth-order valence-corrected chi connectivity index (χ4v) is 3.01. The lowest BCUT2D eigenvalue weighted by atomic mass is 10.4. The van der Waals surface area contributed by atoms with Gasteiger partial charge in [0, 0.05) is 29.5 Å². The summed E-state index contributed by atoms with van der Waals surface area (Å²) in [7, 11) is 1.71. The molecule has 13 heavy (non-hydrogen) atoms. The summed E-state index contributed by atoms with van der Waals surface area (Å²) in [6, 6.07) is 2.12. The van der Waals surface area contributed by atoms with Gasteiger partial charge in [-0.25, -0.2) is 0 Å². The van der Waals surface area contributed by atoms with Crippen LogP contribution in [0, 0.1) is 0 Å². The third-order valence-electron chi connectivity index (χ3n) is 1.48. The molecule has 1 aromatic rings. The Balaban J connectivity index is 2.29. The van der Waals surface area contributed by atoms with Crippen molar-refractivity contribution in [1.29, 1.82) is 0 Å². The van der Waals surface area contributed by atoms with E-state index in [0.717, 1.165) is 28.0 Å². The van der Waals surface area contributed by atoms with E-state index in [2.05, 4.69) is 43.2 Å². The quantitative estimate of drug-likeness (QED) is 0.839. The van der Waals surface area contributed by atoms with E-state index in [-0.39, 0.29) is 0 Å². The molecule has 0 saturated carbocycles. The van der Waals surface area contributed by atoms with Gasteiger partial charge in [0.05, 0.1) is 10.4 Å². The minimum absolute atomic E-state index is 0.758. The molecule has 0 bridgehead atoms. The molecule has 0 aliphatic rings. The van der Waals surface area contributed by atoms with E-state index < -0.39 is 0 Å². The predicted molar refractivity (Wildman–Crippen MR) is 63.3 cm³/mol. The molecule has 1 N–H and O–H groups in total. The second-order valence-electron chi connectivity index (χ2n) is 2.50. The summed E-state index contributed by atoms with van der Waals surface area (Å²) >= 11 is 8.65. The molecule has 1 rings (SSSR count). The molecule has 74 valence electrons. The zero-order chi connectivity index (χ0) is 9.68. The van der Waals surface area contributed by atoms with Crippen molar-refractivity contribution in [2.24, 2.45) is 0 Å². The average Bonchev–Trinajstić information content (AvgIpc) is 2.41. The Bertz CT molecular complexity index is 245. The van der Waals surface area contributed by atoms with Gasteiger partial charge in [0.25, 0.3) is 0 Å². The molecule has 0 atom stereocenters. The van der Waals surface area contributed by atoms with Crippen LogP contribution in [-0.4, -0.2) is 20.3 Å². The van der Waals surface area contributed by atoms with Crippen LogP contribution in [0.4, 0.5) is 0 Å². The van der Waals surface area contributed by atoms with E-state index in [9.17, 15) is 0 Å². The van der Waals surface area contributed by atoms with Crippen molar-refractivity contribution < 1.29 is 4.74 Å². The normalized spacial score (nSPS) is 10.7. The summed E-state index contributed by atoms with van der Waals surface area (Å²) < 4.78 is 7.21. The van der Waals surface area contributed by atoms with Gasteiger partial charge in [-0.05, 0) is 37.9 Å². The minimum atomic E-state index is 0.758. The predicted octanol–water partition coefficient (Wildman–Crippen LogP) is 3.01. The maximum absolute atomic E-state index is 4.93. The van der Waals surface area contributed by atoms with Crippen molar-refractivity contribution in [2.75, 3.05) is 20.3 Å². The van der Waals surface area contributed by atoms with Crippen LogP contribution in [0.3, 0.4) is 0 Å². The average molecular weight is 329 g/mol. The summed E-state index contributed by atoms with van der Waals surface area (Å²) in [6.45, 7) is 2.55. The Hall–Kier alpha value is 0.580. The molecule has 2 nitrogen and oxygen atoms in total. The van der Waals surface area contributed by atoms with Crippen LogP contribution in [0.25, 0.3) is 0 Å². The minimum Gasteiger partial charge on any atom is -0.383 e. The number of halogens is 2. The fraction of sp³-hybridized carbons (Fsp3) is 0.500. The van der Waals surface area contributed by atoms with Crippen molar-refractivity contribution in [3.05, 3.63) is 19.2 Å². The first kappa shape index (κ1) is 11.7. The second-order valence-corrected chi connectivity index (χ2v) is 5.81. The summed E-state index contributed by atoms with van der Waals surface area (Å²) in [5.41, 5.74) is 0. The van der Waals surface area contributed by atoms with Gasteiger partial charge < -0.3 is 10.1 Å². The van der Waals surface area contributed by atoms with Crippen molar-refractivity contribution in [2.45, 2.75) is 6.54 Å². The molecule has 0 spiro atoms. The van der Waals surface area contributed by atoms with Gasteiger partial charge in [-0.3, -0.25) is 0 Å². The van der Waals surface area contributed by atoms with Crippen molar-refractivity contribution in [3.8, 4) is 0 Å². The second kappa shape index (κ2) is 6.14. The van der Waals surface area contributed by atoms with E-state index in [4.69, 9.17) is 4.74 Å². The first-order valence-corrected chi connectivity index (χ1v) is 6.27. The Kier molecular flexibility index (Phi) is 5.50. The molecule has 0 fully saturated rings. The van der Waals surface area contributed by atoms with Crippen LogP contribution in [0.5, 0.6) is 0 Å². The number of rotatable bonds is 5. The molecule has 0 aromatic carbocycles. The number of ether oxygens (including phenoxy) is 1. The number of methoxy groups -OCH3 is 1. The van der Waals surface area contributed by atoms with Crippen molar-refractivity contribution in [3.63, 3.8) is 0 Å². The number of thiophene rings is 1. The number of hydrogen-bond acceptors (Lipinski definition) is 3. The topological polar surface area (TPSA) is 21.3 Å². The fourth-order valence-electron chi connectivity index (χ4n) is 0.864. The lowest BCUT2D eigenvalue weighted by molar-refractivity contribution is 0.199. The SMILES string of the molecule is COCCNCc1cc(Br)c(Br)s1. The van der Waals surface area contributed by atoms with Gasteiger partial charge in [-0.1, -0.05) is 0 Å². The Labute approximate surface area is 98.9 Å². The molecule has 1 heterocycles. The Morgan fingerprint density at radius 2 is 2.31 bits per heavy atom. The van der Waals surface area contributed by atoms with Gasteiger partial charge in [0.2, 0.25) is 0 Å². The smallest absolute Gasteiger partial charge is 0.0843 e. The van der Waals surface area contributed by atoms with Crippen LogP contribution >= 0.6 is 43.2 Å². The monoisotopic (exact) mass is 327 g/mol. The lowest BCUT2D eigenvalue weighted by Crippen LogP contribution is -2.17. The molecule has 0 aliphatic carbocycles. The van der Waals surface area contributed by atoms with E-state index in [1.165, 1.54) is 4.88 Å². The maximum Gasteiger partial charge on any atom is 0.0843 e. The molecule has 0 amide bonds. The molecular formula is C8H11Br2NOS. The molecule has 0 saturated heterocycles.